The average molecular weight is 347 g/mol. The number of amides is 1. The van der Waals surface area contributed by atoms with E-state index in [-0.39, 0.29) is 5.91 Å². The van der Waals surface area contributed by atoms with E-state index in [0.717, 1.165) is 23.2 Å². The largest absolute Gasteiger partial charge is 0.326 e. The number of rotatable bonds is 6. The number of nitrogens with zero attached hydrogens (tertiary/aromatic N) is 1. The van der Waals surface area contributed by atoms with E-state index < -0.39 is 0 Å². The fourth-order valence-corrected chi connectivity index (χ4v) is 2.46. The number of benzene rings is 2. The Morgan fingerprint density at radius 2 is 1.90 bits per heavy atom. The first-order valence-corrected chi connectivity index (χ1v) is 7.70. The summed E-state index contributed by atoms with van der Waals surface area (Å²) in [5, 5.41) is 2.91. The van der Waals surface area contributed by atoms with Crippen LogP contribution in [0.4, 0.5) is 5.69 Å². The summed E-state index contributed by atoms with van der Waals surface area (Å²) in [4.78, 5) is 14.1. The fraction of sp³-hybridized carbons (Fsp3) is 0.235. The van der Waals surface area contributed by atoms with Gasteiger partial charge in [-0.15, -0.1) is 0 Å². The third-order valence-electron chi connectivity index (χ3n) is 3.12. The van der Waals surface area contributed by atoms with Gasteiger partial charge in [0.15, 0.2) is 0 Å². The summed E-state index contributed by atoms with van der Waals surface area (Å²) in [6, 6.07) is 17.9. The molecule has 2 rings (SSSR count). The van der Waals surface area contributed by atoms with Crippen LogP contribution in [0.3, 0.4) is 0 Å². The van der Waals surface area contributed by atoms with Crippen molar-refractivity contribution < 1.29 is 4.79 Å². The molecule has 0 saturated carbocycles. The molecule has 0 radical (unpaired) electrons. The van der Waals surface area contributed by atoms with Gasteiger partial charge in [-0.3, -0.25) is 4.79 Å². The van der Waals surface area contributed by atoms with Gasteiger partial charge in [0, 0.05) is 29.7 Å². The highest BCUT2D eigenvalue weighted by Gasteiger charge is 2.06. The maximum absolute atomic E-state index is 11.9. The molecule has 4 heteroatoms. The standard InChI is InChI=1S/C17H19BrN2O/c1-20(13-14-6-3-2-4-7-14)11-10-17(21)19-16-9-5-8-15(18)12-16/h2-9,12H,10-11,13H2,1H3,(H,19,21). The summed E-state index contributed by atoms with van der Waals surface area (Å²) >= 11 is 3.39. The molecule has 0 aliphatic rings. The van der Waals surface area contributed by atoms with Crippen LogP contribution in [0.2, 0.25) is 0 Å². The van der Waals surface area contributed by atoms with Crippen molar-refractivity contribution in [1.82, 2.24) is 4.90 Å². The van der Waals surface area contributed by atoms with Crippen molar-refractivity contribution in [2.24, 2.45) is 0 Å². The molecule has 0 aliphatic carbocycles. The van der Waals surface area contributed by atoms with Crippen molar-refractivity contribution in [3.8, 4) is 0 Å². The zero-order valence-electron chi connectivity index (χ0n) is 12.1. The Morgan fingerprint density at radius 3 is 2.62 bits per heavy atom. The molecule has 2 aromatic carbocycles. The Bertz CT molecular complexity index is 586. The molecule has 3 nitrogen and oxygen atoms in total. The van der Waals surface area contributed by atoms with Crippen LogP contribution in [0.15, 0.2) is 59.1 Å². The lowest BCUT2D eigenvalue weighted by molar-refractivity contribution is -0.116. The van der Waals surface area contributed by atoms with Gasteiger partial charge in [-0.05, 0) is 30.8 Å². The average Bonchev–Trinajstić information content (AvgIpc) is 2.46. The minimum atomic E-state index is 0.0352. The Kier molecular flexibility index (Phi) is 5.96. The van der Waals surface area contributed by atoms with Crippen LogP contribution in [0.25, 0.3) is 0 Å². The van der Waals surface area contributed by atoms with Gasteiger partial charge in [0.2, 0.25) is 5.91 Å². The number of carbonyl (C=O) groups excluding carboxylic acids is 1. The van der Waals surface area contributed by atoms with E-state index in [4.69, 9.17) is 0 Å². The molecule has 0 saturated heterocycles. The SMILES string of the molecule is CN(CCC(=O)Nc1cccc(Br)c1)Cc1ccccc1. The molecule has 21 heavy (non-hydrogen) atoms. The molecule has 0 aromatic heterocycles. The van der Waals surface area contributed by atoms with Gasteiger partial charge in [-0.1, -0.05) is 52.3 Å². The lowest BCUT2D eigenvalue weighted by atomic mass is 10.2. The highest BCUT2D eigenvalue weighted by Crippen LogP contribution is 2.15. The molecule has 0 fully saturated rings. The minimum Gasteiger partial charge on any atom is -0.326 e. The second-order valence-electron chi connectivity index (χ2n) is 5.03. The molecule has 0 spiro atoms. The van der Waals surface area contributed by atoms with Crippen molar-refractivity contribution in [1.29, 1.82) is 0 Å². The van der Waals surface area contributed by atoms with Crippen molar-refractivity contribution >= 4 is 27.5 Å². The van der Waals surface area contributed by atoms with E-state index in [1.54, 1.807) is 0 Å². The highest BCUT2D eigenvalue weighted by atomic mass is 79.9. The van der Waals surface area contributed by atoms with Crippen molar-refractivity contribution in [3.63, 3.8) is 0 Å². The van der Waals surface area contributed by atoms with Gasteiger partial charge in [-0.2, -0.15) is 0 Å². The van der Waals surface area contributed by atoms with Gasteiger partial charge in [0.05, 0.1) is 0 Å². The first-order valence-electron chi connectivity index (χ1n) is 6.91. The Hall–Kier alpha value is -1.65. The molecule has 0 unspecified atom stereocenters. The fourth-order valence-electron chi connectivity index (χ4n) is 2.06. The maximum Gasteiger partial charge on any atom is 0.225 e. The van der Waals surface area contributed by atoms with Crippen LogP contribution in [0.5, 0.6) is 0 Å². The van der Waals surface area contributed by atoms with Crippen LogP contribution in [-0.2, 0) is 11.3 Å². The number of carbonyl (C=O) groups is 1. The summed E-state index contributed by atoms with van der Waals surface area (Å²) in [6.45, 7) is 1.58. The van der Waals surface area contributed by atoms with Crippen LogP contribution in [0.1, 0.15) is 12.0 Å². The molecular weight excluding hydrogens is 328 g/mol. The molecule has 0 heterocycles. The second kappa shape index (κ2) is 7.96. The number of nitrogens with one attached hydrogen (secondary N) is 1. The Labute approximate surface area is 134 Å². The van der Waals surface area contributed by atoms with E-state index in [2.05, 4.69) is 38.3 Å². The third kappa shape index (κ3) is 5.69. The van der Waals surface area contributed by atoms with E-state index in [0.29, 0.717) is 6.42 Å². The zero-order valence-corrected chi connectivity index (χ0v) is 13.6. The van der Waals surface area contributed by atoms with Gasteiger partial charge in [0.25, 0.3) is 0 Å². The molecule has 0 aliphatic heterocycles. The molecule has 1 amide bonds. The first kappa shape index (κ1) is 15.7. The lowest BCUT2D eigenvalue weighted by Gasteiger charge is -2.16. The second-order valence-corrected chi connectivity index (χ2v) is 5.95. The zero-order chi connectivity index (χ0) is 15.1. The van der Waals surface area contributed by atoms with Crippen LogP contribution < -0.4 is 5.32 Å². The monoisotopic (exact) mass is 346 g/mol. The Morgan fingerprint density at radius 1 is 1.14 bits per heavy atom. The van der Waals surface area contributed by atoms with Crippen molar-refractivity contribution in [2.75, 3.05) is 18.9 Å². The summed E-state index contributed by atoms with van der Waals surface area (Å²) in [7, 11) is 2.03. The van der Waals surface area contributed by atoms with Gasteiger partial charge < -0.3 is 10.2 Å². The number of anilines is 1. The first-order chi connectivity index (χ1) is 10.1. The summed E-state index contributed by atoms with van der Waals surface area (Å²) < 4.78 is 0.960. The topological polar surface area (TPSA) is 32.3 Å². The summed E-state index contributed by atoms with van der Waals surface area (Å²) in [5.41, 5.74) is 2.08. The van der Waals surface area contributed by atoms with E-state index in [1.807, 2.05) is 49.5 Å². The lowest BCUT2D eigenvalue weighted by Crippen LogP contribution is -2.24. The molecule has 110 valence electrons. The smallest absolute Gasteiger partial charge is 0.225 e. The van der Waals surface area contributed by atoms with E-state index >= 15 is 0 Å². The van der Waals surface area contributed by atoms with Gasteiger partial charge in [0.1, 0.15) is 0 Å². The number of halogens is 1. The van der Waals surface area contributed by atoms with E-state index in [9.17, 15) is 4.79 Å². The molecule has 0 atom stereocenters. The maximum atomic E-state index is 11.9. The quantitative estimate of drug-likeness (QED) is 0.859. The van der Waals surface area contributed by atoms with E-state index in [1.165, 1.54) is 5.56 Å². The third-order valence-corrected chi connectivity index (χ3v) is 3.62. The predicted octanol–water partition coefficient (Wildman–Crippen LogP) is 3.91. The normalized spacial score (nSPS) is 10.6. The van der Waals surface area contributed by atoms with Crippen LogP contribution >= 0.6 is 15.9 Å². The van der Waals surface area contributed by atoms with Gasteiger partial charge >= 0.3 is 0 Å². The minimum absolute atomic E-state index is 0.0352. The molecular formula is C17H19BrN2O. The van der Waals surface area contributed by atoms with Crippen LogP contribution in [0, 0.1) is 0 Å². The molecule has 0 bridgehead atoms. The van der Waals surface area contributed by atoms with Crippen molar-refractivity contribution in [3.05, 3.63) is 64.6 Å². The number of hydrogen-bond donors (Lipinski definition) is 1. The molecule has 2 aromatic rings. The Balaban J connectivity index is 1.76. The molecule has 1 N–H and O–H groups in total. The summed E-state index contributed by atoms with van der Waals surface area (Å²) in [6.07, 6.45) is 0.482. The van der Waals surface area contributed by atoms with Crippen LogP contribution in [-0.4, -0.2) is 24.4 Å². The highest BCUT2D eigenvalue weighted by molar-refractivity contribution is 9.10. The van der Waals surface area contributed by atoms with Crippen molar-refractivity contribution in [2.45, 2.75) is 13.0 Å². The van der Waals surface area contributed by atoms with Gasteiger partial charge in [-0.25, -0.2) is 0 Å². The number of hydrogen-bond acceptors (Lipinski definition) is 2. The summed E-state index contributed by atoms with van der Waals surface area (Å²) in [5.74, 6) is 0.0352. The predicted molar refractivity (Wildman–Crippen MR) is 90.2 cm³/mol.